The number of amides is 4. The van der Waals surface area contributed by atoms with E-state index in [-0.39, 0.29) is 30.2 Å². The molecular formula is C23H31N5O4. The standard InChI is InChI=1S/C23H31N5O4/c1-13(2)10-19(22(24)31)27-20(30)12-28-9-8-16(21(23(28)32)26-14(3)29)17-11-25-18-7-5-4-6-15(17)18/h4-7,11,13,16,19,21,25H,8-10,12H2,1-3H3,(H2,24,31)(H,26,29)(H,27,30)/t16-,19+,21-/m1/s1. The number of rotatable bonds is 8. The number of aromatic nitrogens is 1. The van der Waals surface area contributed by atoms with Crippen LogP contribution in [0.25, 0.3) is 10.9 Å². The molecule has 1 aliphatic rings. The van der Waals surface area contributed by atoms with Gasteiger partial charge in [-0.2, -0.15) is 0 Å². The zero-order valence-electron chi connectivity index (χ0n) is 18.7. The highest BCUT2D eigenvalue weighted by molar-refractivity contribution is 5.94. The van der Waals surface area contributed by atoms with Crippen LogP contribution >= 0.6 is 0 Å². The molecule has 5 N–H and O–H groups in total. The van der Waals surface area contributed by atoms with E-state index < -0.39 is 23.9 Å². The van der Waals surface area contributed by atoms with Crippen LogP contribution in [0.4, 0.5) is 0 Å². The van der Waals surface area contributed by atoms with Crippen molar-refractivity contribution in [1.29, 1.82) is 0 Å². The van der Waals surface area contributed by atoms with E-state index >= 15 is 0 Å². The van der Waals surface area contributed by atoms with E-state index in [0.717, 1.165) is 16.5 Å². The summed E-state index contributed by atoms with van der Waals surface area (Å²) in [5.41, 5.74) is 7.32. The van der Waals surface area contributed by atoms with Crippen LogP contribution in [0.2, 0.25) is 0 Å². The van der Waals surface area contributed by atoms with Crippen molar-refractivity contribution in [2.24, 2.45) is 11.7 Å². The fourth-order valence-electron chi connectivity index (χ4n) is 4.35. The van der Waals surface area contributed by atoms with Crippen LogP contribution in [0.1, 0.15) is 45.1 Å². The summed E-state index contributed by atoms with van der Waals surface area (Å²) in [4.78, 5) is 54.0. The molecule has 0 aliphatic carbocycles. The lowest BCUT2D eigenvalue weighted by atomic mass is 9.84. The van der Waals surface area contributed by atoms with E-state index in [2.05, 4.69) is 15.6 Å². The lowest BCUT2D eigenvalue weighted by Gasteiger charge is -2.38. The number of carbonyl (C=O) groups is 4. The van der Waals surface area contributed by atoms with Crippen molar-refractivity contribution in [3.8, 4) is 0 Å². The lowest BCUT2D eigenvalue weighted by molar-refractivity contribution is -0.142. The molecule has 2 aromatic rings. The van der Waals surface area contributed by atoms with E-state index in [9.17, 15) is 19.2 Å². The molecule has 0 spiro atoms. The predicted octanol–water partition coefficient (Wildman–Crippen LogP) is 1.00. The molecule has 2 heterocycles. The van der Waals surface area contributed by atoms with Gasteiger partial charge in [-0.15, -0.1) is 0 Å². The van der Waals surface area contributed by atoms with Crippen molar-refractivity contribution in [2.75, 3.05) is 13.1 Å². The highest BCUT2D eigenvalue weighted by atomic mass is 16.2. The van der Waals surface area contributed by atoms with Gasteiger partial charge >= 0.3 is 0 Å². The Bertz CT molecular complexity index is 1010. The van der Waals surface area contributed by atoms with Gasteiger partial charge in [0, 0.05) is 36.5 Å². The third-order valence-corrected chi connectivity index (χ3v) is 5.79. The van der Waals surface area contributed by atoms with Crippen LogP contribution in [0.15, 0.2) is 30.5 Å². The number of piperidine rings is 1. The molecule has 1 fully saturated rings. The van der Waals surface area contributed by atoms with Crippen LogP contribution < -0.4 is 16.4 Å². The minimum Gasteiger partial charge on any atom is -0.368 e. The van der Waals surface area contributed by atoms with Gasteiger partial charge in [0.1, 0.15) is 12.1 Å². The van der Waals surface area contributed by atoms with E-state index in [1.54, 1.807) is 0 Å². The summed E-state index contributed by atoms with van der Waals surface area (Å²) in [6, 6.07) is 6.23. The van der Waals surface area contributed by atoms with Gasteiger partial charge in [-0.05, 0) is 30.4 Å². The monoisotopic (exact) mass is 441 g/mol. The van der Waals surface area contributed by atoms with Crippen molar-refractivity contribution >= 4 is 34.5 Å². The molecule has 4 amide bonds. The first kappa shape index (κ1) is 23.3. The minimum absolute atomic E-state index is 0.172. The van der Waals surface area contributed by atoms with Gasteiger partial charge in [0.25, 0.3) is 0 Å². The first-order chi connectivity index (χ1) is 15.2. The smallest absolute Gasteiger partial charge is 0.246 e. The molecule has 3 rings (SSSR count). The third kappa shape index (κ3) is 5.27. The summed E-state index contributed by atoms with van der Waals surface area (Å²) >= 11 is 0. The molecule has 1 saturated heterocycles. The SMILES string of the molecule is CC(=O)N[C@H]1C(=O)N(CC(=O)N[C@@H](CC(C)C)C(N)=O)CC[C@@H]1c1c[nH]c2ccccc12. The molecule has 0 radical (unpaired) electrons. The number of hydrogen-bond acceptors (Lipinski definition) is 4. The van der Waals surface area contributed by atoms with Crippen LogP contribution in [0.3, 0.4) is 0 Å². The average molecular weight is 442 g/mol. The molecule has 172 valence electrons. The number of nitrogens with one attached hydrogen (secondary N) is 3. The number of nitrogens with zero attached hydrogens (tertiary/aromatic N) is 1. The fraction of sp³-hybridized carbons (Fsp3) is 0.478. The van der Waals surface area contributed by atoms with Gasteiger partial charge < -0.3 is 26.3 Å². The first-order valence-electron chi connectivity index (χ1n) is 10.9. The van der Waals surface area contributed by atoms with E-state index in [0.29, 0.717) is 19.4 Å². The van der Waals surface area contributed by atoms with Crippen LogP contribution in [-0.4, -0.2) is 58.7 Å². The molecular weight excluding hydrogens is 410 g/mol. The Morgan fingerprint density at radius 1 is 1.25 bits per heavy atom. The number of para-hydroxylation sites is 1. The van der Waals surface area contributed by atoms with Crippen molar-refractivity contribution in [1.82, 2.24) is 20.5 Å². The molecule has 9 nitrogen and oxygen atoms in total. The maximum absolute atomic E-state index is 13.3. The van der Waals surface area contributed by atoms with E-state index in [1.807, 2.05) is 44.3 Å². The molecule has 1 aromatic carbocycles. The number of likely N-dealkylation sites (tertiary alicyclic amines) is 1. The molecule has 1 aromatic heterocycles. The van der Waals surface area contributed by atoms with Crippen molar-refractivity contribution in [3.63, 3.8) is 0 Å². The normalized spacial score (nSPS) is 19.8. The number of fused-ring (bicyclic) bond motifs is 1. The summed E-state index contributed by atoms with van der Waals surface area (Å²) in [6.45, 7) is 5.39. The number of primary amides is 1. The molecule has 0 bridgehead atoms. The van der Waals surface area contributed by atoms with Gasteiger partial charge in [0.15, 0.2) is 0 Å². The highest BCUT2D eigenvalue weighted by Gasteiger charge is 2.39. The first-order valence-corrected chi connectivity index (χ1v) is 10.9. The third-order valence-electron chi connectivity index (χ3n) is 5.79. The zero-order valence-corrected chi connectivity index (χ0v) is 18.7. The fourth-order valence-corrected chi connectivity index (χ4v) is 4.35. The molecule has 1 aliphatic heterocycles. The predicted molar refractivity (Wildman–Crippen MR) is 120 cm³/mol. The minimum atomic E-state index is -0.785. The number of H-pyrrole nitrogens is 1. The van der Waals surface area contributed by atoms with Crippen molar-refractivity contribution in [3.05, 3.63) is 36.0 Å². The number of benzene rings is 1. The Hall–Kier alpha value is -3.36. The van der Waals surface area contributed by atoms with Gasteiger partial charge in [-0.25, -0.2) is 0 Å². The number of nitrogens with two attached hydrogens (primary N) is 1. The van der Waals surface area contributed by atoms with Crippen LogP contribution in [0.5, 0.6) is 0 Å². The van der Waals surface area contributed by atoms with Gasteiger partial charge in [0.05, 0.1) is 6.54 Å². The summed E-state index contributed by atoms with van der Waals surface area (Å²) in [5, 5.41) is 6.41. The summed E-state index contributed by atoms with van der Waals surface area (Å²) in [5.74, 6) is -1.74. The van der Waals surface area contributed by atoms with Crippen molar-refractivity contribution < 1.29 is 19.2 Å². The number of carbonyl (C=O) groups excluding carboxylic acids is 4. The second kappa shape index (κ2) is 9.84. The summed E-state index contributed by atoms with van der Waals surface area (Å²) < 4.78 is 0. The van der Waals surface area contributed by atoms with E-state index in [1.165, 1.54) is 11.8 Å². The molecule has 0 unspecified atom stereocenters. The maximum Gasteiger partial charge on any atom is 0.246 e. The Balaban J connectivity index is 1.76. The van der Waals surface area contributed by atoms with Gasteiger partial charge in [-0.1, -0.05) is 32.0 Å². The van der Waals surface area contributed by atoms with Gasteiger partial charge in [0.2, 0.25) is 23.6 Å². The van der Waals surface area contributed by atoms with Crippen LogP contribution in [0, 0.1) is 5.92 Å². The zero-order chi connectivity index (χ0) is 23.4. The van der Waals surface area contributed by atoms with Crippen molar-refractivity contribution in [2.45, 2.75) is 51.6 Å². The quantitative estimate of drug-likeness (QED) is 0.486. The second-order valence-electron chi connectivity index (χ2n) is 8.77. The van der Waals surface area contributed by atoms with E-state index in [4.69, 9.17) is 5.73 Å². The largest absolute Gasteiger partial charge is 0.368 e. The van der Waals surface area contributed by atoms with Gasteiger partial charge in [-0.3, -0.25) is 19.2 Å². The van der Waals surface area contributed by atoms with Crippen LogP contribution in [-0.2, 0) is 19.2 Å². The number of aromatic amines is 1. The second-order valence-corrected chi connectivity index (χ2v) is 8.77. The topological polar surface area (TPSA) is 137 Å². The Kier molecular flexibility index (Phi) is 7.17. The lowest BCUT2D eigenvalue weighted by Crippen LogP contribution is -2.58. The average Bonchev–Trinajstić information content (AvgIpc) is 3.14. The molecule has 0 saturated carbocycles. The Morgan fingerprint density at radius 2 is 1.97 bits per heavy atom. The summed E-state index contributed by atoms with van der Waals surface area (Å²) in [7, 11) is 0. The molecule has 9 heteroatoms. The Morgan fingerprint density at radius 3 is 2.62 bits per heavy atom. The summed E-state index contributed by atoms with van der Waals surface area (Å²) in [6.07, 6.45) is 2.88. The highest BCUT2D eigenvalue weighted by Crippen LogP contribution is 2.34. The molecule has 3 atom stereocenters. The number of hydrogen-bond donors (Lipinski definition) is 4. The molecule has 32 heavy (non-hydrogen) atoms. The maximum atomic E-state index is 13.3. The Labute approximate surface area is 187 Å².